The Morgan fingerprint density at radius 1 is 1.44 bits per heavy atom. The van der Waals surface area contributed by atoms with Crippen LogP contribution in [0.2, 0.25) is 0 Å². The summed E-state index contributed by atoms with van der Waals surface area (Å²) in [5.41, 5.74) is 0.657. The first kappa shape index (κ1) is 12.9. The highest BCUT2D eigenvalue weighted by Gasteiger charge is 2.24. The second-order valence-corrected chi connectivity index (χ2v) is 5.37. The van der Waals surface area contributed by atoms with E-state index in [0.29, 0.717) is 6.61 Å². The molecule has 0 saturated heterocycles. The number of benzene rings is 1. The number of esters is 1. The van der Waals surface area contributed by atoms with Crippen LogP contribution in [0.3, 0.4) is 0 Å². The number of hydrogen-bond donors (Lipinski definition) is 1. The van der Waals surface area contributed by atoms with Gasteiger partial charge in [0.25, 0.3) is 0 Å². The first-order valence-electron chi connectivity index (χ1n) is 6.13. The van der Waals surface area contributed by atoms with E-state index in [1.165, 1.54) is 0 Å². The van der Waals surface area contributed by atoms with Gasteiger partial charge in [0.15, 0.2) is 0 Å². The topological polar surface area (TPSA) is 47.6 Å². The fourth-order valence-electron chi connectivity index (χ4n) is 1.92. The summed E-state index contributed by atoms with van der Waals surface area (Å²) in [7, 11) is 0. The van der Waals surface area contributed by atoms with Crippen LogP contribution in [0.4, 0.5) is 0 Å². The Balaban J connectivity index is 1.87. The second kappa shape index (κ2) is 4.98. The molecular formula is C14H19NO3. The highest BCUT2D eigenvalue weighted by atomic mass is 16.6. The molecule has 4 heteroatoms. The van der Waals surface area contributed by atoms with E-state index in [2.05, 4.69) is 5.32 Å². The molecule has 4 nitrogen and oxygen atoms in total. The average molecular weight is 249 g/mol. The van der Waals surface area contributed by atoms with Gasteiger partial charge in [0, 0.05) is 5.56 Å². The van der Waals surface area contributed by atoms with E-state index in [1.54, 1.807) is 0 Å². The Morgan fingerprint density at radius 2 is 2.17 bits per heavy atom. The Hall–Kier alpha value is -1.55. The lowest BCUT2D eigenvalue weighted by Gasteiger charge is -2.20. The normalized spacial score (nSPS) is 18.1. The van der Waals surface area contributed by atoms with Crippen LogP contribution in [0.15, 0.2) is 24.3 Å². The Kier molecular flexibility index (Phi) is 3.57. The van der Waals surface area contributed by atoms with Gasteiger partial charge in [-0.3, -0.25) is 10.1 Å². The number of para-hydroxylation sites is 1. The largest absolute Gasteiger partial charge is 0.491 e. The zero-order valence-electron chi connectivity index (χ0n) is 11.0. The van der Waals surface area contributed by atoms with Crippen LogP contribution < -0.4 is 10.1 Å². The number of carbonyl (C=O) groups is 1. The van der Waals surface area contributed by atoms with Gasteiger partial charge in [0.05, 0.1) is 12.6 Å². The third-order valence-corrected chi connectivity index (χ3v) is 2.61. The molecule has 1 atom stereocenters. The number of fused-ring (bicyclic) bond motifs is 1. The molecule has 1 aromatic carbocycles. The van der Waals surface area contributed by atoms with Crippen molar-refractivity contribution >= 4 is 5.97 Å². The third-order valence-electron chi connectivity index (χ3n) is 2.61. The molecular weight excluding hydrogens is 230 g/mol. The lowest BCUT2D eigenvalue weighted by molar-refractivity contribution is -0.153. The molecule has 0 fully saturated rings. The monoisotopic (exact) mass is 249 g/mol. The van der Waals surface area contributed by atoms with E-state index in [4.69, 9.17) is 9.47 Å². The number of hydrogen-bond acceptors (Lipinski definition) is 4. The van der Waals surface area contributed by atoms with Crippen LogP contribution in [0, 0.1) is 0 Å². The highest BCUT2D eigenvalue weighted by Crippen LogP contribution is 2.31. The lowest BCUT2D eigenvalue weighted by Crippen LogP contribution is -2.33. The van der Waals surface area contributed by atoms with Gasteiger partial charge in [-0.25, -0.2) is 0 Å². The molecule has 0 radical (unpaired) electrons. The van der Waals surface area contributed by atoms with Crippen molar-refractivity contribution in [3.63, 3.8) is 0 Å². The lowest BCUT2D eigenvalue weighted by atomic mass is 10.1. The van der Waals surface area contributed by atoms with Gasteiger partial charge in [0.2, 0.25) is 0 Å². The number of ether oxygens (including phenoxy) is 2. The minimum absolute atomic E-state index is 0.0636. The minimum atomic E-state index is -0.442. The van der Waals surface area contributed by atoms with Crippen LogP contribution in [-0.4, -0.2) is 24.7 Å². The molecule has 98 valence electrons. The van der Waals surface area contributed by atoms with Crippen molar-refractivity contribution in [2.75, 3.05) is 13.2 Å². The van der Waals surface area contributed by atoms with Gasteiger partial charge in [0.1, 0.15) is 18.0 Å². The van der Waals surface area contributed by atoms with Crippen LogP contribution >= 0.6 is 0 Å². The van der Waals surface area contributed by atoms with Crippen LogP contribution in [0.1, 0.15) is 32.4 Å². The molecule has 0 aromatic heterocycles. The molecule has 1 N–H and O–H groups in total. The van der Waals surface area contributed by atoms with Gasteiger partial charge >= 0.3 is 5.97 Å². The summed E-state index contributed by atoms with van der Waals surface area (Å²) in [6, 6.07) is 7.92. The summed E-state index contributed by atoms with van der Waals surface area (Å²) in [6.45, 7) is 6.33. The quantitative estimate of drug-likeness (QED) is 0.833. The van der Waals surface area contributed by atoms with E-state index >= 15 is 0 Å². The third kappa shape index (κ3) is 3.23. The smallest absolute Gasteiger partial charge is 0.320 e. The molecule has 0 bridgehead atoms. The fourth-order valence-corrected chi connectivity index (χ4v) is 1.92. The molecule has 0 spiro atoms. The maximum atomic E-state index is 11.6. The molecule has 2 rings (SSSR count). The second-order valence-electron chi connectivity index (χ2n) is 5.37. The summed E-state index contributed by atoms with van der Waals surface area (Å²) in [5.74, 6) is 0.645. The van der Waals surface area contributed by atoms with E-state index in [1.807, 2.05) is 45.0 Å². The Bertz CT molecular complexity index is 437. The van der Waals surface area contributed by atoms with Gasteiger partial charge in [-0.2, -0.15) is 0 Å². The van der Waals surface area contributed by atoms with Gasteiger partial charge in [-0.1, -0.05) is 18.2 Å². The maximum Gasteiger partial charge on any atom is 0.320 e. The van der Waals surface area contributed by atoms with Crippen LogP contribution in [0.5, 0.6) is 5.75 Å². The Labute approximate surface area is 107 Å². The maximum absolute atomic E-state index is 11.6. The van der Waals surface area contributed by atoms with Crippen LogP contribution in [0.25, 0.3) is 0 Å². The van der Waals surface area contributed by atoms with E-state index < -0.39 is 5.60 Å². The number of carbonyl (C=O) groups excluding carboxylic acids is 1. The van der Waals surface area contributed by atoms with E-state index in [-0.39, 0.29) is 18.6 Å². The van der Waals surface area contributed by atoms with E-state index in [9.17, 15) is 4.79 Å². The molecule has 0 aliphatic carbocycles. The van der Waals surface area contributed by atoms with Gasteiger partial charge in [-0.15, -0.1) is 0 Å². The van der Waals surface area contributed by atoms with Crippen molar-refractivity contribution in [1.82, 2.24) is 5.32 Å². The molecule has 1 aliphatic rings. The van der Waals surface area contributed by atoms with Crippen molar-refractivity contribution in [2.24, 2.45) is 0 Å². The zero-order valence-corrected chi connectivity index (χ0v) is 11.0. The fraction of sp³-hybridized carbons (Fsp3) is 0.500. The summed E-state index contributed by atoms with van der Waals surface area (Å²) in [5, 5.41) is 3.16. The van der Waals surface area contributed by atoms with Gasteiger partial charge < -0.3 is 9.47 Å². The number of nitrogens with one attached hydrogen (secondary N) is 1. The summed E-state index contributed by atoms with van der Waals surface area (Å²) in [6.07, 6.45) is 0. The SMILES string of the molecule is CC(C)(C)OC(=O)CNC1COc2ccccc21. The predicted molar refractivity (Wildman–Crippen MR) is 68.5 cm³/mol. The standard InChI is InChI=1S/C14H19NO3/c1-14(2,3)18-13(16)8-15-11-9-17-12-7-5-4-6-10(11)12/h4-7,11,15H,8-9H2,1-3H3. The average Bonchev–Trinajstić information content (AvgIpc) is 2.67. The Morgan fingerprint density at radius 3 is 2.89 bits per heavy atom. The van der Waals surface area contributed by atoms with Crippen molar-refractivity contribution in [3.05, 3.63) is 29.8 Å². The molecule has 1 unspecified atom stereocenters. The number of rotatable bonds is 3. The predicted octanol–water partition coefficient (Wildman–Crippen LogP) is 2.05. The van der Waals surface area contributed by atoms with E-state index in [0.717, 1.165) is 11.3 Å². The molecule has 1 heterocycles. The van der Waals surface area contributed by atoms with Crippen LogP contribution in [-0.2, 0) is 9.53 Å². The van der Waals surface area contributed by atoms with Crippen molar-refractivity contribution < 1.29 is 14.3 Å². The van der Waals surface area contributed by atoms with Crippen molar-refractivity contribution in [2.45, 2.75) is 32.4 Å². The minimum Gasteiger partial charge on any atom is -0.491 e. The molecule has 1 aromatic rings. The molecule has 0 amide bonds. The summed E-state index contributed by atoms with van der Waals surface area (Å²) < 4.78 is 10.8. The van der Waals surface area contributed by atoms with Crippen molar-refractivity contribution in [1.29, 1.82) is 0 Å². The van der Waals surface area contributed by atoms with Crippen molar-refractivity contribution in [3.8, 4) is 5.75 Å². The van der Waals surface area contributed by atoms with Gasteiger partial charge in [-0.05, 0) is 26.8 Å². The molecule has 18 heavy (non-hydrogen) atoms. The first-order valence-corrected chi connectivity index (χ1v) is 6.13. The summed E-state index contributed by atoms with van der Waals surface area (Å²) in [4.78, 5) is 11.6. The molecule has 0 saturated carbocycles. The highest BCUT2D eigenvalue weighted by molar-refractivity contribution is 5.72. The molecule has 1 aliphatic heterocycles. The summed E-state index contributed by atoms with van der Waals surface area (Å²) >= 11 is 0. The first-order chi connectivity index (χ1) is 8.46. The zero-order chi connectivity index (χ0) is 13.2.